The van der Waals surface area contributed by atoms with Crippen LogP contribution in [0.25, 0.3) is 21.6 Å². The van der Waals surface area contributed by atoms with Crippen LogP contribution < -0.4 is 10.1 Å². The number of para-hydroxylation sites is 1. The molecule has 5 nitrogen and oxygen atoms in total. The van der Waals surface area contributed by atoms with Crippen LogP contribution in [0.2, 0.25) is 0 Å². The van der Waals surface area contributed by atoms with Crippen LogP contribution in [0.3, 0.4) is 0 Å². The second-order valence-corrected chi connectivity index (χ2v) is 10.2. The summed E-state index contributed by atoms with van der Waals surface area (Å²) in [4.78, 5) is 25.0. The van der Waals surface area contributed by atoms with E-state index in [1.54, 1.807) is 18.4 Å². The molecular formula is C26H25N3O2S2. The Bertz CT molecular complexity index is 1320. The number of hydrogen-bond acceptors (Lipinski definition) is 6. The maximum absolute atomic E-state index is 12.7. The quantitative estimate of drug-likeness (QED) is 0.262. The van der Waals surface area contributed by atoms with Crippen molar-refractivity contribution in [1.29, 1.82) is 0 Å². The number of carbonyl (C=O) groups excluding carboxylic acids is 1. The molecule has 2 heterocycles. The molecule has 0 bridgehead atoms. The van der Waals surface area contributed by atoms with Crippen molar-refractivity contribution in [2.24, 2.45) is 0 Å². The lowest BCUT2D eigenvalue weighted by Crippen LogP contribution is -2.15. The summed E-state index contributed by atoms with van der Waals surface area (Å²) in [5, 5.41) is 5.06. The van der Waals surface area contributed by atoms with Gasteiger partial charge in [0.1, 0.15) is 15.6 Å². The highest BCUT2D eigenvalue weighted by molar-refractivity contribution is 8.00. The van der Waals surface area contributed by atoms with Crippen molar-refractivity contribution in [1.82, 2.24) is 9.97 Å². The van der Waals surface area contributed by atoms with Gasteiger partial charge in [-0.25, -0.2) is 9.97 Å². The average Bonchev–Trinajstić information content (AvgIpc) is 3.23. The summed E-state index contributed by atoms with van der Waals surface area (Å²) in [6.45, 7) is 2.00. The maximum atomic E-state index is 12.7. The first kappa shape index (κ1) is 21.9. The largest absolute Gasteiger partial charge is 0.497 e. The highest BCUT2D eigenvalue weighted by Gasteiger charge is 2.22. The van der Waals surface area contributed by atoms with Crippen LogP contribution in [0.4, 0.5) is 5.69 Å². The number of aromatic nitrogens is 2. The molecule has 2 aromatic heterocycles. The summed E-state index contributed by atoms with van der Waals surface area (Å²) in [5.41, 5.74) is 4.22. The van der Waals surface area contributed by atoms with Crippen molar-refractivity contribution in [2.75, 3.05) is 18.2 Å². The predicted molar refractivity (Wildman–Crippen MR) is 137 cm³/mol. The van der Waals surface area contributed by atoms with Gasteiger partial charge in [-0.05, 0) is 74.1 Å². The van der Waals surface area contributed by atoms with Gasteiger partial charge in [-0.1, -0.05) is 30.0 Å². The highest BCUT2D eigenvalue weighted by Crippen LogP contribution is 2.40. The van der Waals surface area contributed by atoms with E-state index in [0.29, 0.717) is 11.6 Å². The van der Waals surface area contributed by atoms with Gasteiger partial charge < -0.3 is 10.1 Å². The Labute approximate surface area is 201 Å². The van der Waals surface area contributed by atoms with Crippen LogP contribution >= 0.6 is 23.1 Å². The Hall–Kier alpha value is -2.90. The molecule has 2 aromatic carbocycles. The molecule has 4 aromatic rings. The normalized spacial score (nSPS) is 13.0. The van der Waals surface area contributed by atoms with Crippen LogP contribution in [-0.4, -0.2) is 28.7 Å². The minimum Gasteiger partial charge on any atom is -0.497 e. The summed E-state index contributed by atoms with van der Waals surface area (Å²) >= 11 is 3.28. The van der Waals surface area contributed by atoms with Crippen molar-refractivity contribution in [2.45, 2.75) is 37.6 Å². The standard InChI is InChI=1S/C26H25N3O2S2/c1-16-7-3-5-9-20(16)27-22(30)15-32-25-23-19-8-4-6-10-21(19)33-26(23)29-24(28-25)17-11-13-18(31-2)14-12-17/h3,5,7,9,11-14H,4,6,8,10,15H2,1-2H3,(H,27,30). The summed E-state index contributed by atoms with van der Waals surface area (Å²) < 4.78 is 5.29. The molecule has 5 rings (SSSR count). The Morgan fingerprint density at radius 1 is 1.09 bits per heavy atom. The lowest BCUT2D eigenvalue weighted by atomic mass is 9.97. The molecule has 1 N–H and O–H groups in total. The number of hydrogen-bond donors (Lipinski definition) is 1. The second-order valence-electron chi connectivity index (χ2n) is 8.12. The number of thioether (sulfide) groups is 1. The van der Waals surface area contributed by atoms with E-state index in [1.807, 2.05) is 55.5 Å². The molecule has 168 valence electrons. The van der Waals surface area contributed by atoms with E-state index < -0.39 is 0 Å². The zero-order chi connectivity index (χ0) is 22.8. The molecule has 0 radical (unpaired) electrons. The Morgan fingerprint density at radius 3 is 2.67 bits per heavy atom. The van der Waals surface area contributed by atoms with Gasteiger partial charge in [-0.15, -0.1) is 11.3 Å². The fraction of sp³-hybridized carbons (Fsp3) is 0.269. The fourth-order valence-electron chi connectivity index (χ4n) is 4.13. The maximum Gasteiger partial charge on any atom is 0.234 e. The van der Waals surface area contributed by atoms with Crippen molar-refractivity contribution >= 4 is 44.9 Å². The molecule has 0 unspecified atom stereocenters. The van der Waals surface area contributed by atoms with E-state index in [2.05, 4.69) is 5.32 Å². The number of methoxy groups -OCH3 is 1. The van der Waals surface area contributed by atoms with E-state index in [1.165, 1.54) is 35.0 Å². The Kier molecular flexibility index (Phi) is 6.33. The summed E-state index contributed by atoms with van der Waals surface area (Å²) in [5.74, 6) is 1.75. The predicted octanol–water partition coefficient (Wildman–Crippen LogP) is 6.28. The number of anilines is 1. The summed E-state index contributed by atoms with van der Waals surface area (Å²) in [6, 6.07) is 15.6. The smallest absolute Gasteiger partial charge is 0.234 e. The lowest BCUT2D eigenvalue weighted by molar-refractivity contribution is -0.113. The number of thiophene rings is 1. The van der Waals surface area contributed by atoms with Crippen molar-refractivity contribution < 1.29 is 9.53 Å². The van der Waals surface area contributed by atoms with Crippen LogP contribution in [0, 0.1) is 6.92 Å². The average molecular weight is 476 g/mol. The molecule has 0 fully saturated rings. The first-order chi connectivity index (χ1) is 16.1. The Morgan fingerprint density at radius 2 is 1.88 bits per heavy atom. The number of aryl methyl sites for hydroxylation is 3. The number of rotatable bonds is 6. The molecule has 7 heteroatoms. The zero-order valence-corrected chi connectivity index (χ0v) is 20.3. The number of carbonyl (C=O) groups is 1. The number of nitrogens with zero attached hydrogens (tertiary/aromatic N) is 2. The van der Waals surface area contributed by atoms with E-state index >= 15 is 0 Å². The van der Waals surface area contributed by atoms with Crippen molar-refractivity contribution in [3.05, 3.63) is 64.5 Å². The van der Waals surface area contributed by atoms with Crippen molar-refractivity contribution in [3.63, 3.8) is 0 Å². The lowest BCUT2D eigenvalue weighted by Gasteiger charge is -2.12. The SMILES string of the molecule is COc1ccc(-c2nc(SCC(=O)Nc3ccccc3C)c3c4c(sc3n2)CCCC4)cc1. The van der Waals surface area contributed by atoms with Gasteiger partial charge in [0.15, 0.2) is 5.82 Å². The fourth-order valence-corrected chi connectivity index (χ4v) is 6.31. The van der Waals surface area contributed by atoms with Crippen molar-refractivity contribution in [3.8, 4) is 17.1 Å². The van der Waals surface area contributed by atoms with Crippen LogP contribution in [0.15, 0.2) is 53.6 Å². The first-order valence-electron chi connectivity index (χ1n) is 11.1. The molecule has 1 aliphatic carbocycles. The molecule has 0 spiro atoms. The second kappa shape index (κ2) is 9.53. The van der Waals surface area contributed by atoms with Gasteiger partial charge in [0, 0.05) is 21.5 Å². The van der Waals surface area contributed by atoms with Gasteiger partial charge in [0.25, 0.3) is 0 Å². The number of benzene rings is 2. The molecule has 0 saturated carbocycles. The summed E-state index contributed by atoms with van der Waals surface area (Å²) in [6.07, 6.45) is 4.58. The van der Waals surface area contributed by atoms with Gasteiger partial charge in [0.05, 0.1) is 12.9 Å². The number of amides is 1. The van der Waals surface area contributed by atoms with Crippen LogP contribution in [0.1, 0.15) is 28.8 Å². The third kappa shape index (κ3) is 4.61. The molecule has 0 atom stereocenters. The minimum atomic E-state index is -0.0313. The molecule has 1 aliphatic rings. The Balaban J connectivity index is 1.48. The van der Waals surface area contributed by atoms with Gasteiger partial charge in [-0.3, -0.25) is 4.79 Å². The van der Waals surface area contributed by atoms with E-state index in [9.17, 15) is 4.79 Å². The number of fused-ring (bicyclic) bond motifs is 3. The topological polar surface area (TPSA) is 64.1 Å². The number of nitrogens with one attached hydrogen (secondary N) is 1. The van der Waals surface area contributed by atoms with E-state index in [0.717, 1.165) is 50.6 Å². The molecule has 1 amide bonds. The van der Waals surface area contributed by atoms with Crippen LogP contribution in [0.5, 0.6) is 5.75 Å². The molecule has 0 aliphatic heterocycles. The number of ether oxygens (including phenoxy) is 1. The third-order valence-electron chi connectivity index (χ3n) is 5.89. The first-order valence-corrected chi connectivity index (χ1v) is 12.9. The van der Waals surface area contributed by atoms with Gasteiger partial charge in [0.2, 0.25) is 5.91 Å². The zero-order valence-electron chi connectivity index (χ0n) is 18.7. The van der Waals surface area contributed by atoms with Gasteiger partial charge >= 0.3 is 0 Å². The molecule has 33 heavy (non-hydrogen) atoms. The molecular weight excluding hydrogens is 450 g/mol. The minimum absolute atomic E-state index is 0.0313. The third-order valence-corrected chi connectivity index (χ3v) is 8.05. The van der Waals surface area contributed by atoms with Gasteiger partial charge in [-0.2, -0.15) is 0 Å². The van der Waals surface area contributed by atoms with E-state index in [4.69, 9.17) is 14.7 Å². The highest BCUT2D eigenvalue weighted by atomic mass is 32.2. The molecule has 0 saturated heterocycles. The van der Waals surface area contributed by atoms with Crippen LogP contribution in [-0.2, 0) is 17.6 Å². The monoisotopic (exact) mass is 475 g/mol. The van der Waals surface area contributed by atoms with E-state index in [-0.39, 0.29) is 5.91 Å². The summed E-state index contributed by atoms with van der Waals surface area (Å²) in [7, 11) is 1.66.